The molecule has 0 aliphatic heterocycles. The number of aromatic nitrogens is 1. The van der Waals surface area contributed by atoms with Crippen LogP contribution in [0, 0.1) is 11.2 Å². The van der Waals surface area contributed by atoms with E-state index < -0.39 is 11.4 Å². The van der Waals surface area contributed by atoms with Crippen molar-refractivity contribution in [2.75, 3.05) is 6.54 Å². The first-order chi connectivity index (χ1) is 8.55. The molecule has 0 fully saturated rings. The molecule has 1 rings (SSSR count). The Labute approximate surface area is 106 Å². The average Bonchev–Trinajstić information content (AvgIpc) is 2.37. The highest BCUT2D eigenvalue weighted by Crippen LogP contribution is 2.25. The van der Waals surface area contributed by atoms with Gasteiger partial charge in [0.15, 0.2) is 0 Å². The number of rotatable bonds is 7. The number of aliphatic carboxylic acids is 1. The van der Waals surface area contributed by atoms with Crippen LogP contribution in [-0.2, 0) is 11.3 Å². The van der Waals surface area contributed by atoms with Crippen molar-refractivity contribution in [3.8, 4) is 0 Å². The van der Waals surface area contributed by atoms with Crippen molar-refractivity contribution in [3.05, 3.63) is 29.8 Å². The maximum absolute atomic E-state index is 13.3. The molecule has 0 aliphatic rings. The lowest BCUT2D eigenvalue weighted by Crippen LogP contribution is -2.40. The van der Waals surface area contributed by atoms with Crippen molar-refractivity contribution in [1.82, 2.24) is 10.3 Å². The largest absolute Gasteiger partial charge is 0.481 e. The lowest BCUT2D eigenvalue weighted by atomic mass is 9.82. The SMILES string of the molecule is CCC(CC)(CNCc1ccncc1F)C(=O)O. The van der Waals surface area contributed by atoms with Gasteiger partial charge in [0.2, 0.25) is 0 Å². The van der Waals surface area contributed by atoms with Crippen LogP contribution in [0.25, 0.3) is 0 Å². The van der Waals surface area contributed by atoms with Gasteiger partial charge in [-0.05, 0) is 18.9 Å². The number of hydrogen-bond acceptors (Lipinski definition) is 3. The van der Waals surface area contributed by atoms with Crippen molar-refractivity contribution < 1.29 is 14.3 Å². The highest BCUT2D eigenvalue weighted by molar-refractivity contribution is 5.74. The third kappa shape index (κ3) is 3.26. The Morgan fingerprint density at radius 2 is 2.17 bits per heavy atom. The van der Waals surface area contributed by atoms with Gasteiger partial charge < -0.3 is 10.4 Å². The summed E-state index contributed by atoms with van der Waals surface area (Å²) in [6, 6.07) is 1.59. The summed E-state index contributed by atoms with van der Waals surface area (Å²) in [7, 11) is 0. The summed E-state index contributed by atoms with van der Waals surface area (Å²) < 4.78 is 13.3. The lowest BCUT2D eigenvalue weighted by Gasteiger charge is -2.27. The standard InChI is InChI=1S/C13H19FN2O2/c1-3-13(4-2,12(17)18)9-16-7-10-5-6-15-8-11(10)14/h5-6,8,16H,3-4,7,9H2,1-2H3,(H,17,18). The minimum atomic E-state index is -0.810. The molecule has 0 saturated heterocycles. The molecule has 1 aromatic heterocycles. The molecule has 5 heteroatoms. The zero-order chi connectivity index (χ0) is 13.6. The summed E-state index contributed by atoms with van der Waals surface area (Å²) in [5.41, 5.74) is -0.278. The molecule has 4 nitrogen and oxygen atoms in total. The van der Waals surface area contributed by atoms with Gasteiger partial charge in [-0.1, -0.05) is 13.8 Å². The molecular formula is C13H19FN2O2. The Balaban J connectivity index is 2.60. The van der Waals surface area contributed by atoms with Crippen LogP contribution < -0.4 is 5.32 Å². The first-order valence-electron chi connectivity index (χ1n) is 6.08. The molecule has 0 bridgehead atoms. The summed E-state index contributed by atoms with van der Waals surface area (Å²) in [5, 5.41) is 12.3. The van der Waals surface area contributed by atoms with Crippen molar-refractivity contribution >= 4 is 5.97 Å². The number of carbonyl (C=O) groups is 1. The molecule has 0 aliphatic carbocycles. The van der Waals surface area contributed by atoms with E-state index in [1.54, 1.807) is 6.07 Å². The molecule has 0 spiro atoms. The molecular weight excluding hydrogens is 235 g/mol. The Morgan fingerprint density at radius 3 is 2.67 bits per heavy atom. The zero-order valence-corrected chi connectivity index (χ0v) is 10.7. The molecule has 0 amide bonds. The fraction of sp³-hybridized carbons (Fsp3) is 0.538. The summed E-state index contributed by atoms with van der Waals surface area (Å²) >= 11 is 0. The number of hydrogen-bond donors (Lipinski definition) is 2. The van der Waals surface area contributed by atoms with Gasteiger partial charge in [-0.3, -0.25) is 9.78 Å². The molecule has 0 unspecified atom stereocenters. The quantitative estimate of drug-likeness (QED) is 0.783. The topological polar surface area (TPSA) is 62.2 Å². The van der Waals surface area contributed by atoms with Crippen LogP contribution in [-0.4, -0.2) is 22.6 Å². The maximum Gasteiger partial charge on any atom is 0.310 e. The number of pyridine rings is 1. The fourth-order valence-electron chi connectivity index (χ4n) is 1.86. The highest BCUT2D eigenvalue weighted by atomic mass is 19.1. The first-order valence-corrected chi connectivity index (χ1v) is 6.08. The summed E-state index contributed by atoms with van der Waals surface area (Å²) in [6.07, 6.45) is 3.76. The van der Waals surface area contributed by atoms with Crippen LogP contribution in [0.2, 0.25) is 0 Å². The molecule has 0 radical (unpaired) electrons. The molecule has 0 aromatic carbocycles. The van der Waals surface area contributed by atoms with E-state index >= 15 is 0 Å². The van der Waals surface area contributed by atoms with Crippen molar-refractivity contribution in [2.45, 2.75) is 33.2 Å². The summed E-state index contributed by atoms with van der Waals surface area (Å²) in [6.45, 7) is 4.35. The second kappa shape index (κ2) is 6.44. The monoisotopic (exact) mass is 254 g/mol. The van der Waals surface area contributed by atoms with E-state index in [0.29, 0.717) is 31.5 Å². The van der Waals surface area contributed by atoms with Crippen molar-refractivity contribution in [3.63, 3.8) is 0 Å². The van der Waals surface area contributed by atoms with Crippen LogP contribution in [0.5, 0.6) is 0 Å². The van der Waals surface area contributed by atoms with Crippen LogP contribution in [0.1, 0.15) is 32.3 Å². The Hall–Kier alpha value is -1.49. The maximum atomic E-state index is 13.3. The van der Waals surface area contributed by atoms with Gasteiger partial charge in [0.1, 0.15) is 5.82 Å². The third-order valence-corrected chi connectivity index (χ3v) is 3.44. The molecule has 0 atom stereocenters. The average molecular weight is 254 g/mol. The van der Waals surface area contributed by atoms with Crippen LogP contribution >= 0.6 is 0 Å². The van der Waals surface area contributed by atoms with E-state index in [2.05, 4.69) is 10.3 Å². The zero-order valence-electron chi connectivity index (χ0n) is 10.7. The second-order valence-electron chi connectivity index (χ2n) is 4.36. The van der Waals surface area contributed by atoms with Crippen LogP contribution in [0.4, 0.5) is 4.39 Å². The predicted octanol–water partition coefficient (Wildman–Crippen LogP) is 2.20. The van der Waals surface area contributed by atoms with Gasteiger partial charge >= 0.3 is 5.97 Å². The van der Waals surface area contributed by atoms with Crippen LogP contribution in [0.3, 0.4) is 0 Å². The van der Waals surface area contributed by atoms with Gasteiger partial charge in [0.05, 0.1) is 11.6 Å². The number of nitrogens with one attached hydrogen (secondary N) is 1. The van der Waals surface area contributed by atoms with E-state index in [1.165, 1.54) is 6.20 Å². The molecule has 0 saturated carbocycles. The predicted molar refractivity (Wildman–Crippen MR) is 66.6 cm³/mol. The van der Waals surface area contributed by atoms with E-state index in [4.69, 9.17) is 0 Å². The normalized spacial score (nSPS) is 11.5. The molecule has 100 valence electrons. The Morgan fingerprint density at radius 1 is 1.50 bits per heavy atom. The van der Waals surface area contributed by atoms with E-state index in [0.717, 1.165) is 6.20 Å². The Kier molecular flexibility index (Phi) is 5.22. The minimum absolute atomic E-state index is 0.309. The number of nitrogens with zero attached hydrogens (tertiary/aromatic N) is 1. The van der Waals surface area contributed by atoms with Gasteiger partial charge in [-0.2, -0.15) is 0 Å². The fourth-order valence-corrected chi connectivity index (χ4v) is 1.86. The lowest BCUT2D eigenvalue weighted by molar-refractivity contribution is -0.149. The molecule has 2 N–H and O–H groups in total. The van der Waals surface area contributed by atoms with E-state index in [1.807, 2.05) is 13.8 Å². The number of halogens is 1. The van der Waals surface area contributed by atoms with Crippen molar-refractivity contribution in [1.29, 1.82) is 0 Å². The van der Waals surface area contributed by atoms with E-state index in [-0.39, 0.29) is 5.82 Å². The Bertz CT molecular complexity index is 406. The van der Waals surface area contributed by atoms with Crippen LogP contribution in [0.15, 0.2) is 18.5 Å². The van der Waals surface area contributed by atoms with Gasteiger partial charge in [-0.25, -0.2) is 4.39 Å². The van der Waals surface area contributed by atoms with Crippen molar-refractivity contribution in [2.24, 2.45) is 5.41 Å². The third-order valence-electron chi connectivity index (χ3n) is 3.44. The minimum Gasteiger partial charge on any atom is -0.481 e. The van der Waals surface area contributed by atoms with Gasteiger partial charge in [0.25, 0.3) is 0 Å². The highest BCUT2D eigenvalue weighted by Gasteiger charge is 2.34. The summed E-state index contributed by atoms with van der Waals surface area (Å²) in [5.74, 6) is -1.19. The molecule has 1 heterocycles. The summed E-state index contributed by atoms with van der Waals surface area (Å²) in [4.78, 5) is 14.9. The number of carboxylic acid groups (broad SMARTS) is 1. The molecule has 1 aromatic rings. The smallest absolute Gasteiger partial charge is 0.310 e. The van der Waals surface area contributed by atoms with Gasteiger partial charge in [-0.15, -0.1) is 0 Å². The van der Waals surface area contributed by atoms with Gasteiger partial charge in [0, 0.05) is 24.8 Å². The van der Waals surface area contributed by atoms with E-state index in [9.17, 15) is 14.3 Å². The molecule has 18 heavy (non-hydrogen) atoms. The second-order valence-corrected chi connectivity index (χ2v) is 4.36. The first kappa shape index (κ1) is 14.6. The number of carboxylic acids is 1.